The maximum absolute atomic E-state index is 13.1. The van der Waals surface area contributed by atoms with E-state index in [0.717, 1.165) is 23.4 Å². The van der Waals surface area contributed by atoms with Crippen LogP contribution in [0.25, 0.3) is 0 Å². The van der Waals surface area contributed by atoms with Gasteiger partial charge in [0.1, 0.15) is 11.6 Å². The second-order valence-corrected chi connectivity index (χ2v) is 5.96. The van der Waals surface area contributed by atoms with Crippen molar-refractivity contribution in [1.29, 1.82) is 0 Å². The first kappa shape index (κ1) is 15.7. The van der Waals surface area contributed by atoms with E-state index in [1.54, 1.807) is 18.3 Å². The number of aryl methyl sites for hydroxylation is 1. The highest BCUT2D eigenvalue weighted by atomic mass is 19.1. The number of hydrogen-bond donors (Lipinski definition) is 2. The summed E-state index contributed by atoms with van der Waals surface area (Å²) in [6.45, 7) is 3.38. The van der Waals surface area contributed by atoms with Gasteiger partial charge in [-0.2, -0.15) is 4.98 Å². The van der Waals surface area contributed by atoms with E-state index in [4.69, 9.17) is 5.73 Å². The fourth-order valence-electron chi connectivity index (χ4n) is 3.07. The standard InChI is InChI=1S/C17H21FN4O/c1-2-12-11-20-16(19)21-15(12)22-9-7-17(23,8-10-22)13-3-5-14(18)6-4-13/h3-6,11,23H,2,7-10H2,1H3,(H2,19,20,21). The maximum Gasteiger partial charge on any atom is 0.221 e. The second-order valence-electron chi connectivity index (χ2n) is 5.96. The Morgan fingerprint density at radius 1 is 1.26 bits per heavy atom. The summed E-state index contributed by atoms with van der Waals surface area (Å²) >= 11 is 0. The van der Waals surface area contributed by atoms with Crippen molar-refractivity contribution in [1.82, 2.24) is 9.97 Å². The molecule has 0 atom stereocenters. The number of hydrogen-bond acceptors (Lipinski definition) is 5. The van der Waals surface area contributed by atoms with Crippen LogP contribution in [0.5, 0.6) is 0 Å². The SMILES string of the molecule is CCc1cnc(N)nc1N1CCC(O)(c2ccc(F)cc2)CC1. The van der Waals surface area contributed by atoms with Crippen LogP contribution < -0.4 is 10.6 Å². The molecule has 0 aliphatic carbocycles. The summed E-state index contributed by atoms with van der Waals surface area (Å²) in [5.74, 6) is 0.816. The molecule has 0 spiro atoms. The van der Waals surface area contributed by atoms with Crippen LogP contribution in [0.2, 0.25) is 0 Å². The van der Waals surface area contributed by atoms with Gasteiger partial charge in [-0.05, 0) is 37.0 Å². The minimum atomic E-state index is -0.921. The topological polar surface area (TPSA) is 75.3 Å². The Balaban J connectivity index is 1.78. The van der Waals surface area contributed by atoms with Crippen molar-refractivity contribution in [2.24, 2.45) is 0 Å². The number of halogens is 1. The summed E-state index contributed by atoms with van der Waals surface area (Å²) in [5.41, 5.74) is 6.60. The lowest BCUT2D eigenvalue weighted by molar-refractivity contribution is 0.0116. The van der Waals surface area contributed by atoms with E-state index in [0.29, 0.717) is 25.9 Å². The van der Waals surface area contributed by atoms with Crippen LogP contribution in [0.15, 0.2) is 30.5 Å². The molecule has 2 heterocycles. The molecule has 3 N–H and O–H groups in total. The fraction of sp³-hybridized carbons (Fsp3) is 0.412. The highest BCUT2D eigenvalue weighted by molar-refractivity contribution is 5.49. The van der Waals surface area contributed by atoms with Crippen molar-refractivity contribution in [2.45, 2.75) is 31.8 Å². The number of rotatable bonds is 3. The van der Waals surface area contributed by atoms with Crippen molar-refractivity contribution in [3.05, 3.63) is 47.4 Å². The zero-order valence-electron chi connectivity index (χ0n) is 13.2. The van der Waals surface area contributed by atoms with E-state index in [-0.39, 0.29) is 11.8 Å². The van der Waals surface area contributed by atoms with Gasteiger partial charge in [0, 0.05) is 24.8 Å². The molecule has 0 saturated carbocycles. The molecule has 1 aromatic heterocycles. The molecule has 1 aliphatic rings. The van der Waals surface area contributed by atoms with Crippen molar-refractivity contribution >= 4 is 11.8 Å². The predicted molar refractivity (Wildman–Crippen MR) is 87.6 cm³/mol. The monoisotopic (exact) mass is 316 g/mol. The number of nitrogen functional groups attached to an aromatic ring is 1. The Labute approximate surface area is 135 Å². The molecule has 23 heavy (non-hydrogen) atoms. The van der Waals surface area contributed by atoms with E-state index in [1.807, 2.05) is 0 Å². The number of aliphatic hydroxyl groups is 1. The Bertz CT molecular complexity index is 681. The van der Waals surface area contributed by atoms with Crippen molar-refractivity contribution in [3.8, 4) is 0 Å². The van der Waals surface area contributed by atoms with Gasteiger partial charge in [-0.1, -0.05) is 19.1 Å². The molecular weight excluding hydrogens is 295 g/mol. The molecule has 3 rings (SSSR count). The second kappa shape index (κ2) is 6.12. The van der Waals surface area contributed by atoms with Crippen molar-refractivity contribution in [3.63, 3.8) is 0 Å². The third-order valence-electron chi connectivity index (χ3n) is 4.51. The van der Waals surface area contributed by atoms with Gasteiger partial charge >= 0.3 is 0 Å². The van der Waals surface area contributed by atoms with Gasteiger partial charge < -0.3 is 15.7 Å². The highest BCUT2D eigenvalue weighted by Crippen LogP contribution is 2.35. The van der Waals surface area contributed by atoms with E-state index in [1.165, 1.54) is 12.1 Å². The third kappa shape index (κ3) is 3.12. The highest BCUT2D eigenvalue weighted by Gasteiger charge is 2.34. The molecule has 1 saturated heterocycles. The zero-order chi connectivity index (χ0) is 16.4. The van der Waals surface area contributed by atoms with E-state index in [9.17, 15) is 9.50 Å². The first-order valence-corrected chi connectivity index (χ1v) is 7.86. The van der Waals surface area contributed by atoms with Crippen LogP contribution in [0.1, 0.15) is 30.9 Å². The normalized spacial score (nSPS) is 17.3. The summed E-state index contributed by atoms with van der Waals surface area (Å²) in [6.07, 6.45) is 3.71. The lowest BCUT2D eigenvalue weighted by Crippen LogP contribution is -2.43. The van der Waals surface area contributed by atoms with Crippen LogP contribution in [-0.4, -0.2) is 28.2 Å². The molecule has 6 heteroatoms. The smallest absolute Gasteiger partial charge is 0.221 e. The molecule has 0 amide bonds. The minimum Gasteiger partial charge on any atom is -0.385 e. The van der Waals surface area contributed by atoms with Gasteiger partial charge in [-0.15, -0.1) is 0 Å². The Morgan fingerprint density at radius 3 is 2.52 bits per heavy atom. The van der Waals surface area contributed by atoms with Gasteiger partial charge in [-0.25, -0.2) is 9.37 Å². The van der Waals surface area contributed by atoms with Gasteiger partial charge in [0.25, 0.3) is 0 Å². The summed E-state index contributed by atoms with van der Waals surface area (Å²) < 4.78 is 13.1. The summed E-state index contributed by atoms with van der Waals surface area (Å²) in [7, 11) is 0. The summed E-state index contributed by atoms with van der Waals surface area (Å²) in [6, 6.07) is 6.09. The number of aromatic nitrogens is 2. The Hall–Kier alpha value is -2.21. The fourth-order valence-corrected chi connectivity index (χ4v) is 3.07. The number of benzene rings is 1. The minimum absolute atomic E-state index is 0.261. The van der Waals surface area contributed by atoms with Gasteiger partial charge in [0.2, 0.25) is 5.95 Å². The molecule has 2 aromatic rings. The molecule has 1 aromatic carbocycles. The predicted octanol–water partition coefficient (Wildman–Crippen LogP) is 2.25. The molecule has 1 aliphatic heterocycles. The van der Waals surface area contributed by atoms with Crippen LogP contribution in [0.3, 0.4) is 0 Å². The lowest BCUT2D eigenvalue weighted by atomic mass is 9.84. The number of nitrogens with two attached hydrogens (primary N) is 1. The average molecular weight is 316 g/mol. The van der Waals surface area contributed by atoms with Crippen LogP contribution >= 0.6 is 0 Å². The van der Waals surface area contributed by atoms with E-state index < -0.39 is 5.60 Å². The van der Waals surface area contributed by atoms with Crippen LogP contribution in [0.4, 0.5) is 16.2 Å². The Kier molecular flexibility index (Phi) is 4.17. The van der Waals surface area contributed by atoms with Crippen molar-refractivity contribution in [2.75, 3.05) is 23.7 Å². The molecule has 122 valence electrons. The van der Waals surface area contributed by atoms with Crippen molar-refractivity contribution < 1.29 is 9.50 Å². The molecule has 1 fully saturated rings. The lowest BCUT2D eigenvalue weighted by Gasteiger charge is -2.39. The average Bonchev–Trinajstić information content (AvgIpc) is 2.56. The first-order chi connectivity index (χ1) is 11.0. The molecular formula is C17H21FN4O. The summed E-state index contributed by atoms with van der Waals surface area (Å²) in [4.78, 5) is 10.5. The van der Waals surface area contributed by atoms with Crippen LogP contribution in [-0.2, 0) is 12.0 Å². The number of anilines is 2. The van der Waals surface area contributed by atoms with E-state index in [2.05, 4.69) is 21.8 Å². The molecule has 0 radical (unpaired) electrons. The van der Waals surface area contributed by atoms with E-state index >= 15 is 0 Å². The molecule has 0 unspecified atom stereocenters. The summed E-state index contributed by atoms with van der Waals surface area (Å²) in [5, 5.41) is 10.9. The Morgan fingerprint density at radius 2 is 1.91 bits per heavy atom. The zero-order valence-corrected chi connectivity index (χ0v) is 13.2. The molecule has 0 bridgehead atoms. The molecule has 5 nitrogen and oxygen atoms in total. The van der Waals surface area contributed by atoms with Gasteiger partial charge in [0.15, 0.2) is 0 Å². The number of piperidine rings is 1. The van der Waals surface area contributed by atoms with Gasteiger partial charge in [0.05, 0.1) is 5.60 Å². The third-order valence-corrected chi connectivity index (χ3v) is 4.51. The van der Waals surface area contributed by atoms with Crippen LogP contribution in [0, 0.1) is 5.82 Å². The number of nitrogens with zero attached hydrogens (tertiary/aromatic N) is 3. The maximum atomic E-state index is 13.1. The van der Waals surface area contributed by atoms with Gasteiger partial charge in [-0.3, -0.25) is 0 Å². The largest absolute Gasteiger partial charge is 0.385 e. The quantitative estimate of drug-likeness (QED) is 0.908. The first-order valence-electron chi connectivity index (χ1n) is 7.86.